The maximum absolute atomic E-state index is 13.6. The number of rotatable bonds is 13. The molecule has 40 heavy (non-hydrogen) atoms. The second kappa shape index (κ2) is 14.9. The molecular weight excluding hydrogens is 551 g/mol. The number of sulfone groups is 1. The summed E-state index contributed by atoms with van der Waals surface area (Å²) in [6.45, 7) is 2.06. The molecule has 1 saturated heterocycles. The first-order valence-electron chi connectivity index (χ1n) is 13.8. The van der Waals surface area contributed by atoms with Crippen molar-refractivity contribution in [3.8, 4) is 5.75 Å². The van der Waals surface area contributed by atoms with Gasteiger partial charge >= 0.3 is 6.36 Å². The molecule has 1 aliphatic heterocycles. The fourth-order valence-electron chi connectivity index (χ4n) is 5.18. The van der Waals surface area contributed by atoms with Crippen LogP contribution in [-0.4, -0.2) is 82.4 Å². The zero-order valence-electron chi connectivity index (χ0n) is 22.9. The third-order valence-electron chi connectivity index (χ3n) is 7.32. The van der Waals surface area contributed by atoms with Crippen molar-refractivity contribution >= 4 is 27.3 Å². The van der Waals surface area contributed by atoms with E-state index in [1.807, 2.05) is 0 Å². The van der Waals surface area contributed by atoms with Crippen molar-refractivity contribution in [2.24, 2.45) is 11.8 Å². The van der Waals surface area contributed by atoms with E-state index in [1.165, 1.54) is 18.6 Å². The Kier molecular flexibility index (Phi) is 11.9. The molecule has 2 fully saturated rings. The molecule has 1 aromatic rings. The normalized spacial score (nSPS) is 18.6. The van der Waals surface area contributed by atoms with E-state index in [2.05, 4.69) is 15.4 Å². The van der Waals surface area contributed by atoms with Gasteiger partial charge in [-0.2, -0.15) is 0 Å². The van der Waals surface area contributed by atoms with Gasteiger partial charge in [-0.3, -0.25) is 9.59 Å². The molecule has 0 spiro atoms. The van der Waals surface area contributed by atoms with Crippen molar-refractivity contribution in [1.29, 1.82) is 0 Å². The van der Waals surface area contributed by atoms with Crippen LogP contribution in [0.15, 0.2) is 24.3 Å². The van der Waals surface area contributed by atoms with Crippen LogP contribution in [0.25, 0.3) is 0 Å². The largest absolute Gasteiger partial charge is 0.573 e. The maximum atomic E-state index is 13.6. The van der Waals surface area contributed by atoms with Gasteiger partial charge in [-0.15, -0.1) is 13.2 Å². The van der Waals surface area contributed by atoms with Gasteiger partial charge in [0.25, 0.3) is 0 Å². The summed E-state index contributed by atoms with van der Waals surface area (Å²) in [5.41, 5.74) is 0.481. The molecular formula is C27H40F3N3O6S. The fourth-order valence-corrected chi connectivity index (χ4v) is 5.89. The minimum Gasteiger partial charge on any atom is -0.406 e. The number of carbonyl (C=O) groups is 2. The van der Waals surface area contributed by atoms with Crippen LogP contribution in [0.4, 0.5) is 18.9 Å². The van der Waals surface area contributed by atoms with E-state index < -0.39 is 28.2 Å². The van der Waals surface area contributed by atoms with Crippen LogP contribution in [0.5, 0.6) is 5.75 Å². The van der Waals surface area contributed by atoms with E-state index >= 15 is 0 Å². The number of benzene rings is 1. The van der Waals surface area contributed by atoms with Gasteiger partial charge < -0.3 is 25.0 Å². The fraction of sp³-hybridized carbons (Fsp3) is 0.704. The van der Waals surface area contributed by atoms with Crippen LogP contribution in [0.2, 0.25) is 0 Å². The van der Waals surface area contributed by atoms with Crippen LogP contribution in [0.3, 0.4) is 0 Å². The molecule has 226 valence electrons. The number of halogens is 3. The second-order valence-electron chi connectivity index (χ2n) is 10.7. The minimum atomic E-state index is -4.80. The molecule has 0 aromatic heterocycles. The monoisotopic (exact) mass is 591 g/mol. The number of hydrogen-bond acceptors (Lipinski definition) is 7. The Bertz CT molecular complexity index is 1060. The number of alkyl halides is 3. The Balaban J connectivity index is 1.67. The molecule has 1 unspecified atom stereocenters. The summed E-state index contributed by atoms with van der Waals surface area (Å²) in [7, 11) is -3.31. The Morgan fingerprint density at radius 2 is 1.75 bits per heavy atom. The highest BCUT2D eigenvalue weighted by Gasteiger charge is 2.32. The lowest BCUT2D eigenvalue weighted by atomic mass is 9.81. The molecule has 3 rings (SSSR count). The predicted molar refractivity (Wildman–Crippen MR) is 145 cm³/mol. The summed E-state index contributed by atoms with van der Waals surface area (Å²) >= 11 is 0. The summed E-state index contributed by atoms with van der Waals surface area (Å²) < 4.78 is 70.3. The van der Waals surface area contributed by atoms with Gasteiger partial charge in [-0.25, -0.2) is 8.42 Å². The molecule has 0 bridgehead atoms. The van der Waals surface area contributed by atoms with Crippen LogP contribution in [0.1, 0.15) is 51.4 Å². The van der Waals surface area contributed by atoms with Crippen LogP contribution in [0, 0.1) is 11.8 Å². The second-order valence-corrected chi connectivity index (χ2v) is 13.0. The molecule has 1 aliphatic carbocycles. The smallest absolute Gasteiger partial charge is 0.406 e. The van der Waals surface area contributed by atoms with Crippen molar-refractivity contribution in [2.45, 2.75) is 63.8 Å². The number of nitrogens with one attached hydrogen (secondary N) is 2. The molecule has 2 aliphatic rings. The third-order valence-corrected chi connectivity index (χ3v) is 8.30. The van der Waals surface area contributed by atoms with Gasteiger partial charge in [-0.05, 0) is 43.0 Å². The SMILES string of the molecule is CS(=O)(=O)CCC(CNc1ccc(OC(F)(F)F)cc1)NC(=O)[C@@H](CC(=O)N1CCOCC1)CC1CCCCC1. The summed E-state index contributed by atoms with van der Waals surface area (Å²) in [5.74, 6) is -1.09. The molecule has 2 amide bonds. The van der Waals surface area contributed by atoms with Gasteiger partial charge in [0, 0.05) is 50.0 Å². The first kappa shape index (κ1) is 32.0. The third kappa shape index (κ3) is 11.9. The van der Waals surface area contributed by atoms with Crippen molar-refractivity contribution in [3.63, 3.8) is 0 Å². The van der Waals surface area contributed by atoms with Crippen LogP contribution < -0.4 is 15.4 Å². The Labute approximate surface area is 234 Å². The zero-order valence-corrected chi connectivity index (χ0v) is 23.7. The first-order valence-corrected chi connectivity index (χ1v) is 15.9. The first-order chi connectivity index (χ1) is 18.9. The van der Waals surface area contributed by atoms with E-state index in [0.29, 0.717) is 44.3 Å². The number of hydrogen-bond donors (Lipinski definition) is 2. The quantitative estimate of drug-likeness (QED) is 0.359. The van der Waals surface area contributed by atoms with Gasteiger partial charge in [0.1, 0.15) is 15.6 Å². The van der Waals surface area contributed by atoms with Crippen molar-refractivity contribution in [3.05, 3.63) is 24.3 Å². The average Bonchev–Trinajstić information content (AvgIpc) is 2.90. The number of anilines is 1. The molecule has 1 heterocycles. The highest BCUT2D eigenvalue weighted by atomic mass is 32.2. The summed E-state index contributed by atoms with van der Waals surface area (Å²) in [5, 5.41) is 6.02. The van der Waals surface area contributed by atoms with Crippen molar-refractivity contribution in [1.82, 2.24) is 10.2 Å². The lowest BCUT2D eigenvalue weighted by molar-refractivity contribution is -0.274. The number of carbonyl (C=O) groups excluding carboxylic acids is 2. The van der Waals surface area contributed by atoms with Crippen LogP contribution in [-0.2, 0) is 24.2 Å². The van der Waals surface area contributed by atoms with E-state index in [4.69, 9.17) is 4.74 Å². The number of nitrogens with zero attached hydrogens (tertiary/aromatic N) is 1. The Morgan fingerprint density at radius 3 is 2.35 bits per heavy atom. The predicted octanol–water partition coefficient (Wildman–Crippen LogP) is 3.75. The van der Waals surface area contributed by atoms with E-state index in [1.54, 1.807) is 4.90 Å². The number of morpholine rings is 1. The molecule has 9 nitrogen and oxygen atoms in total. The van der Waals surface area contributed by atoms with Gasteiger partial charge in [0.05, 0.1) is 19.0 Å². The number of amides is 2. The lowest BCUT2D eigenvalue weighted by Crippen LogP contribution is -2.46. The van der Waals surface area contributed by atoms with E-state index in [9.17, 15) is 31.2 Å². The summed E-state index contributed by atoms with van der Waals surface area (Å²) in [4.78, 5) is 28.3. The van der Waals surface area contributed by atoms with Gasteiger partial charge in [0.2, 0.25) is 11.8 Å². The standard InChI is InChI=1S/C27H40F3N3O6S/c1-40(36,37)16-11-23(19-31-22-7-9-24(10-8-22)39-27(28,29)30)32-26(35)21(17-20-5-3-2-4-6-20)18-25(34)33-12-14-38-15-13-33/h7-10,20-21,23,31H,2-6,11-19H2,1H3,(H,32,35)/t21-,23?/m1/s1. The minimum absolute atomic E-state index is 0.0786. The summed E-state index contributed by atoms with van der Waals surface area (Å²) in [6, 6.07) is 4.56. The summed E-state index contributed by atoms with van der Waals surface area (Å²) in [6.07, 6.45) is 2.53. The molecule has 13 heteroatoms. The topological polar surface area (TPSA) is 114 Å². The molecule has 2 atom stereocenters. The van der Waals surface area contributed by atoms with E-state index in [0.717, 1.165) is 44.1 Å². The molecule has 0 radical (unpaired) electrons. The van der Waals surface area contributed by atoms with Crippen molar-refractivity contribution < 1.29 is 40.7 Å². The molecule has 2 N–H and O–H groups in total. The Hall–Kier alpha value is -2.54. The highest BCUT2D eigenvalue weighted by molar-refractivity contribution is 7.90. The Morgan fingerprint density at radius 1 is 1.10 bits per heavy atom. The highest BCUT2D eigenvalue weighted by Crippen LogP contribution is 2.31. The number of ether oxygens (including phenoxy) is 2. The van der Waals surface area contributed by atoms with Gasteiger partial charge in [0.15, 0.2) is 0 Å². The lowest BCUT2D eigenvalue weighted by Gasteiger charge is -2.31. The molecule has 1 saturated carbocycles. The van der Waals surface area contributed by atoms with Crippen LogP contribution >= 0.6 is 0 Å². The molecule has 1 aromatic carbocycles. The van der Waals surface area contributed by atoms with Crippen molar-refractivity contribution in [2.75, 3.05) is 50.2 Å². The maximum Gasteiger partial charge on any atom is 0.573 e. The van der Waals surface area contributed by atoms with E-state index in [-0.39, 0.29) is 42.7 Å². The van der Waals surface area contributed by atoms with Gasteiger partial charge in [-0.1, -0.05) is 32.1 Å². The average molecular weight is 592 g/mol. The zero-order chi connectivity index (χ0) is 29.2.